The number of hydrogen-bond acceptors (Lipinski definition) is 3. The fourth-order valence-corrected chi connectivity index (χ4v) is 1.73. The first-order valence-electron chi connectivity index (χ1n) is 5.98. The number of aryl methyl sites for hydroxylation is 1. The van der Waals surface area contributed by atoms with Crippen molar-refractivity contribution in [1.82, 2.24) is 9.97 Å². The van der Waals surface area contributed by atoms with Gasteiger partial charge in [-0.15, -0.1) is 0 Å². The molecule has 0 fully saturated rings. The SMILES string of the molecule is CCCN(CCC)c1ncnc(CC)c1F. The zero-order valence-electron chi connectivity index (χ0n) is 10.3. The Morgan fingerprint density at radius 3 is 2.25 bits per heavy atom. The van der Waals surface area contributed by atoms with E-state index in [1.165, 1.54) is 6.33 Å². The van der Waals surface area contributed by atoms with E-state index in [2.05, 4.69) is 23.8 Å². The van der Waals surface area contributed by atoms with Gasteiger partial charge in [-0.25, -0.2) is 14.4 Å². The Bertz CT molecular complexity index is 322. The van der Waals surface area contributed by atoms with Crippen LogP contribution in [-0.2, 0) is 6.42 Å². The minimum Gasteiger partial charge on any atom is -0.354 e. The lowest BCUT2D eigenvalue weighted by molar-refractivity contribution is 0.579. The van der Waals surface area contributed by atoms with Crippen molar-refractivity contribution in [3.8, 4) is 0 Å². The van der Waals surface area contributed by atoms with Crippen LogP contribution in [0.2, 0.25) is 0 Å². The van der Waals surface area contributed by atoms with E-state index in [0.717, 1.165) is 25.9 Å². The summed E-state index contributed by atoms with van der Waals surface area (Å²) in [5, 5.41) is 0. The van der Waals surface area contributed by atoms with E-state index in [1.807, 2.05) is 11.8 Å². The average molecular weight is 225 g/mol. The first kappa shape index (κ1) is 12.9. The van der Waals surface area contributed by atoms with Gasteiger partial charge in [0.1, 0.15) is 6.33 Å². The van der Waals surface area contributed by atoms with Gasteiger partial charge in [-0.3, -0.25) is 0 Å². The Morgan fingerprint density at radius 1 is 1.12 bits per heavy atom. The summed E-state index contributed by atoms with van der Waals surface area (Å²) in [5.74, 6) is 0.197. The lowest BCUT2D eigenvalue weighted by Gasteiger charge is -2.23. The molecule has 0 aliphatic carbocycles. The minimum atomic E-state index is -0.257. The molecule has 0 spiro atoms. The van der Waals surface area contributed by atoms with E-state index in [9.17, 15) is 4.39 Å². The molecule has 0 N–H and O–H groups in total. The summed E-state index contributed by atoms with van der Waals surface area (Å²) in [6, 6.07) is 0. The Balaban J connectivity index is 2.98. The molecule has 0 saturated carbocycles. The van der Waals surface area contributed by atoms with Gasteiger partial charge in [-0.1, -0.05) is 20.8 Å². The highest BCUT2D eigenvalue weighted by molar-refractivity contribution is 5.40. The smallest absolute Gasteiger partial charge is 0.187 e. The number of anilines is 1. The maximum atomic E-state index is 14.0. The summed E-state index contributed by atoms with van der Waals surface area (Å²) in [6.07, 6.45) is 4.04. The molecule has 1 aromatic heterocycles. The fraction of sp³-hybridized carbons (Fsp3) is 0.667. The van der Waals surface area contributed by atoms with Crippen molar-refractivity contribution in [1.29, 1.82) is 0 Å². The van der Waals surface area contributed by atoms with Crippen molar-refractivity contribution >= 4 is 5.82 Å². The minimum absolute atomic E-state index is 0.257. The van der Waals surface area contributed by atoms with E-state index in [-0.39, 0.29) is 5.82 Å². The van der Waals surface area contributed by atoms with Crippen molar-refractivity contribution in [3.05, 3.63) is 17.8 Å². The third kappa shape index (κ3) is 2.90. The largest absolute Gasteiger partial charge is 0.354 e. The van der Waals surface area contributed by atoms with Crippen LogP contribution < -0.4 is 4.90 Å². The Kier molecular flexibility index (Phi) is 5.15. The maximum Gasteiger partial charge on any atom is 0.187 e. The monoisotopic (exact) mass is 225 g/mol. The van der Waals surface area contributed by atoms with Crippen LogP contribution in [0.4, 0.5) is 10.2 Å². The van der Waals surface area contributed by atoms with Crippen LogP contribution in [0.1, 0.15) is 39.3 Å². The molecule has 1 heterocycles. The van der Waals surface area contributed by atoms with E-state index in [4.69, 9.17) is 0 Å². The first-order valence-corrected chi connectivity index (χ1v) is 5.98. The van der Waals surface area contributed by atoms with Crippen LogP contribution in [0.5, 0.6) is 0 Å². The first-order chi connectivity index (χ1) is 7.74. The van der Waals surface area contributed by atoms with Crippen LogP contribution in [0.15, 0.2) is 6.33 Å². The molecular formula is C12H20FN3. The number of halogens is 1. The maximum absolute atomic E-state index is 14.0. The number of aromatic nitrogens is 2. The van der Waals surface area contributed by atoms with Crippen molar-refractivity contribution in [2.75, 3.05) is 18.0 Å². The van der Waals surface area contributed by atoms with Gasteiger partial charge in [-0.05, 0) is 19.3 Å². The van der Waals surface area contributed by atoms with Crippen LogP contribution in [0, 0.1) is 5.82 Å². The molecule has 0 saturated heterocycles. The third-order valence-corrected chi connectivity index (χ3v) is 2.46. The molecule has 0 atom stereocenters. The van der Waals surface area contributed by atoms with Crippen molar-refractivity contribution < 1.29 is 4.39 Å². The number of rotatable bonds is 6. The lowest BCUT2D eigenvalue weighted by atomic mass is 10.2. The quantitative estimate of drug-likeness (QED) is 0.745. The Hall–Kier alpha value is -1.19. The molecule has 0 unspecified atom stereocenters. The molecule has 1 aromatic rings. The van der Waals surface area contributed by atoms with Gasteiger partial charge in [0.25, 0.3) is 0 Å². The molecule has 4 heteroatoms. The lowest BCUT2D eigenvalue weighted by Crippen LogP contribution is -2.27. The summed E-state index contributed by atoms with van der Waals surface area (Å²) in [7, 11) is 0. The number of nitrogens with zero attached hydrogens (tertiary/aromatic N) is 3. The Morgan fingerprint density at radius 2 is 1.75 bits per heavy atom. The molecular weight excluding hydrogens is 205 g/mol. The van der Waals surface area contributed by atoms with E-state index in [1.54, 1.807) is 0 Å². The summed E-state index contributed by atoms with van der Waals surface area (Å²) in [6.45, 7) is 7.75. The van der Waals surface area contributed by atoms with Crippen molar-refractivity contribution in [2.24, 2.45) is 0 Å². The molecule has 0 bridgehead atoms. The number of hydrogen-bond donors (Lipinski definition) is 0. The molecule has 0 amide bonds. The molecule has 0 radical (unpaired) electrons. The molecule has 0 aliphatic rings. The van der Waals surface area contributed by atoms with Crippen LogP contribution in [0.25, 0.3) is 0 Å². The molecule has 90 valence electrons. The fourth-order valence-electron chi connectivity index (χ4n) is 1.73. The van der Waals surface area contributed by atoms with Gasteiger partial charge in [-0.2, -0.15) is 0 Å². The second kappa shape index (κ2) is 6.40. The highest BCUT2D eigenvalue weighted by atomic mass is 19.1. The predicted octanol–water partition coefficient (Wildman–Crippen LogP) is 2.80. The second-order valence-corrected chi connectivity index (χ2v) is 3.80. The van der Waals surface area contributed by atoms with Crippen LogP contribution in [-0.4, -0.2) is 23.1 Å². The highest BCUT2D eigenvalue weighted by Crippen LogP contribution is 2.18. The van der Waals surface area contributed by atoms with E-state index in [0.29, 0.717) is 17.9 Å². The van der Waals surface area contributed by atoms with Crippen molar-refractivity contribution in [3.63, 3.8) is 0 Å². The average Bonchev–Trinajstić information content (AvgIpc) is 2.29. The molecule has 0 aliphatic heterocycles. The highest BCUT2D eigenvalue weighted by Gasteiger charge is 2.15. The van der Waals surface area contributed by atoms with Gasteiger partial charge < -0.3 is 4.90 Å². The van der Waals surface area contributed by atoms with Gasteiger partial charge in [0.15, 0.2) is 11.6 Å². The normalized spacial score (nSPS) is 10.5. The van der Waals surface area contributed by atoms with E-state index < -0.39 is 0 Å². The summed E-state index contributed by atoms with van der Waals surface area (Å²) in [5.41, 5.74) is 0.502. The standard InChI is InChI=1S/C12H20FN3/c1-4-7-16(8-5-2)12-11(13)10(6-3)14-9-15-12/h9H,4-8H2,1-3H3. The second-order valence-electron chi connectivity index (χ2n) is 3.80. The van der Waals surface area contributed by atoms with Gasteiger partial charge in [0.2, 0.25) is 0 Å². The Labute approximate surface area is 96.7 Å². The topological polar surface area (TPSA) is 29.0 Å². The zero-order valence-corrected chi connectivity index (χ0v) is 10.3. The zero-order chi connectivity index (χ0) is 12.0. The van der Waals surface area contributed by atoms with Gasteiger partial charge >= 0.3 is 0 Å². The molecule has 1 rings (SSSR count). The third-order valence-electron chi connectivity index (χ3n) is 2.46. The van der Waals surface area contributed by atoms with Gasteiger partial charge in [0.05, 0.1) is 5.69 Å². The molecule has 16 heavy (non-hydrogen) atoms. The van der Waals surface area contributed by atoms with Gasteiger partial charge in [0, 0.05) is 13.1 Å². The summed E-state index contributed by atoms with van der Waals surface area (Å²) in [4.78, 5) is 10.0. The van der Waals surface area contributed by atoms with Crippen molar-refractivity contribution in [2.45, 2.75) is 40.0 Å². The predicted molar refractivity (Wildman–Crippen MR) is 64.2 cm³/mol. The molecule has 3 nitrogen and oxygen atoms in total. The summed E-state index contributed by atoms with van der Waals surface area (Å²) >= 11 is 0. The summed E-state index contributed by atoms with van der Waals surface area (Å²) < 4.78 is 14.0. The van der Waals surface area contributed by atoms with E-state index >= 15 is 0 Å². The molecule has 0 aromatic carbocycles. The van der Waals surface area contributed by atoms with Crippen LogP contribution >= 0.6 is 0 Å². The van der Waals surface area contributed by atoms with Crippen LogP contribution in [0.3, 0.4) is 0 Å².